The Labute approximate surface area is 175 Å². The highest BCUT2D eigenvalue weighted by atomic mass is 35.5. The third kappa shape index (κ3) is 5.89. The molecule has 1 aliphatic rings. The minimum atomic E-state index is -0.467. The molecule has 1 saturated heterocycles. The summed E-state index contributed by atoms with van der Waals surface area (Å²) in [7, 11) is 0. The van der Waals surface area contributed by atoms with Crippen LogP contribution >= 0.6 is 23.8 Å². The standard InChI is InChI=1S/C20H23ClN4O2S/c21-18-9-8-17(25(26)27)12-19(18)23-20(28)22-13-15-4-6-16(7-5-15)14-24-10-2-1-3-11-24/h4-9,12H,1-3,10-11,13-14H2,(H2,22,23,28)/p+1. The van der Waals surface area contributed by atoms with E-state index in [0.717, 1.165) is 12.1 Å². The Bertz CT molecular complexity index is 839. The van der Waals surface area contributed by atoms with Crippen LogP contribution in [0.4, 0.5) is 11.4 Å². The first-order valence-electron chi connectivity index (χ1n) is 9.41. The fourth-order valence-corrected chi connectivity index (χ4v) is 3.71. The molecule has 3 N–H and O–H groups in total. The molecular formula is C20H24ClN4O2S+. The Morgan fingerprint density at radius 3 is 2.46 bits per heavy atom. The third-order valence-corrected chi connectivity index (χ3v) is 5.48. The molecule has 148 valence electrons. The minimum Gasteiger partial charge on any atom is -0.358 e. The van der Waals surface area contributed by atoms with E-state index in [4.69, 9.17) is 23.8 Å². The highest BCUT2D eigenvalue weighted by Crippen LogP contribution is 2.26. The van der Waals surface area contributed by atoms with Gasteiger partial charge in [-0.1, -0.05) is 35.9 Å². The van der Waals surface area contributed by atoms with Gasteiger partial charge in [-0.25, -0.2) is 0 Å². The molecule has 0 bridgehead atoms. The zero-order chi connectivity index (χ0) is 19.9. The lowest BCUT2D eigenvalue weighted by molar-refractivity contribution is -0.918. The largest absolute Gasteiger partial charge is 0.358 e. The van der Waals surface area contributed by atoms with Gasteiger partial charge in [0.25, 0.3) is 5.69 Å². The lowest BCUT2D eigenvalue weighted by Crippen LogP contribution is -3.11. The van der Waals surface area contributed by atoms with Crippen molar-refractivity contribution >= 4 is 40.3 Å². The SMILES string of the molecule is O=[N+]([O-])c1ccc(Cl)c(NC(=S)NCc2ccc(C[NH+]3CCCCC3)cc2)c1. The fourth-order valence-electron chi connectivity index (χ4n) is 3.36. The van der Waals surface area contributed by atoms with Gasteiger partial charge in [0.2, 0.25) is 0 Å². The predicted molar refractivity (Wildman–Crippen MR) is 116 cm³/mol. The van der Waals surface area contributed by atoms with Gasteiger partial charge in [-0.2, -0.15) is 0 Å². The number of nitrogens with zero attached hydrogens (tertiary/aromatic N) is 1. The van der Waals surface area contributed by atoms with Crippen LogP contribution in [0.5, 0.6) is 0 Å². The molecule has 1 fully saturated rings. The van der Waals surface area contributed by atoms with E-state index in [1.165, 1.54) is 56.1 Å². The second kappa shape index (κ2) is 9.82. The first kappa shape index (κ1) is 20.5. The highest BCUT2D eigenvalue weighted by molar-refractivity contribution is 7.80. The highest BCUT2D eigenvalue weighted by Gasteiger charge is 2.14. The Morgan fingerprint density at radius 2 is 1.79 bits per heavy atom. The van der Waals surface area contributed by atoms with Crippen LogP contribution < -0.4 is 15.5 Å². The molecule has 1 heterocycles. The van der Waals surface area contributed by atoms with Crippen LogP contribution in [-0.2, 0) is 13.1 Å². The van der Waals surface area contributed by atoms with E-state index >= 15 is 0 Å². The average molecular weight is 420 g/mol. The molecule has 6 nitrogen and oxygen atoms in total. The molecule has 0 atom stereocenters. The third-order valence-electron chi connectivity index (χ3n) is 4.90. The topological polar surface area (TPSA) is 71.6 Å². The van der Waals surface area contributed by atoms with Crippen molar-refractivity contribution in [3.63, 3.8) is 0 Å². The van der Waals surface area contributed by atoms with Gasteiger partial charge in [-0.3, -0.25) is 10.1 Å². The number of hydrogen-bond acceptors (Lipinski definition) is 3. The Morgan fingerprint density at radius 1 is 1.11 bits per heavy atom. The average Bonchev–Trinajstić information content (AvgIpc) is 2.70. The molecule has 0 saturated carbocycles. The number of anilines is 1. The predicted octanol–water partition coefficient (Wildman–Crippen LogP) is 3.30. The van der Waals surface area contributed by atoms with Crippen LogP contribution in [0.25, 0.3) is 0 Å². The van der Waals surface area contributed by atoms with Gasteiger partial charge in [0, 0.05) is 24.2 Å². The lowest BCUT2D eigenvalue weighted by atomic mass is 10.1. The number of nitro benzene ring substituents is 1. The number of thiocarbonyl (C=S) groups is 1. The second-order valence-electron chi connectivity index (χ2n) is 7.03. The van der Waals surface area contributed by atoms with Gasteiger partial charge in [0.1, 0.15) is 6.54 Å². The molecular weight excluding hydrogens is 396 g/mol. The summed E-state index contributed by atoms with van der Waals surface area (Å²) in [6.45, 7) is 4.18. The molecule has 0 amide bonds. The number of nitro groups is 1. The molecule has 28 heavy (non-hydrogen) atoms. The summed E-state index contributed by atoms with van der Waals surface area (Å²) in [4.78, 5) is 12.1. The number of halogens is 1. The van der Waals surface area contributed by atoms with Crippen LogP contribution in [0.3, 0.4) is 0 Å². The monoisotopic (exact) mass is 419 g/mol. The van der Waals surface area contributed by atoms with Gasteiger partial charge in [0.05, 0.1) is 28.7 Å². The maximum absolute atomic E-state index is 10.9. The maximum atomic E-state index is 10.9. The molecule has 2 aromatic rings. The van der Waals surface area contributed by atoms with E-state index in [1.807, 2.05) is 0 Å². The quantitative estimate of drug-likeness (QED) is 0.380. The van der Waals surface area contributed by atoms with Crippen molar-refractivity contribution in [1.29, 1.82) is 0 Å². The number of likely N-dealkylation sites (tertiary alicyclic amines) is 1. The molecule has 0 spiro atoms. The van der Waals surface area contributed by atoms with Gasteiger partial charge in [-0.05, 0) is 43.1 Å². The van der Waals surface area contributed by atoms with Crippen molar-refractivity contribution < 1.29 is 9.82 Å². The zero-order valence-corrected chi connectivity index (χ0v) is 17.1. The number of rotatable bonds is 6. The van der Waals surface area contributed by atoms with Crippen molar-refractivity contribution in [3.05, 3.63) is 68.7 Å². The minimum absolute atomic E-state index is 0.0406. The molecule has 8 heteroatoms. The van der Waals surface area contributed by atoms with Crippen molar-refractivity contribution in [1.82, 2.24) is 5.32 Å². The molecule has 0 radical (unpaired) electrons. The summed E-state index contributed by atoms with van der Waals surface area (Å²) >= 11 is 11.4. The lowest BCUT2D eigenvalue weighted by Gasteiger charge is -2.23. The van der Waals surface area contributed by atoms with Gasteiger partial charge < -0.3 is 15.5 Å². The van der Waals surface area contributed by atoms with Crippen molar-refractivity contribution in [2.75, 3.05) is 18.4 Å². The number of nitrogens with one attached hydrogen (secondary N) is 3. The van der Waals surface area contributed by atoms with Crippen molar-refractivity contribution in [2.24, 2.45) is 0 Å². The first-order chi connectivity index (χ1) is 13.5. The van der Waals surface area contributed by atoms with E-state index in [1.54, 1.807) is 4.90 Å². The van der Waals surface area contributed by atoms with E-state index < -0.39 is 4.92 Å². The Balaban J connectivity index is 1.50. The molecule has 0 aliphatic carbocycles. The van der Waals surface area contributed by atoms with Crippen molar-refractivity contribution in [2.45, 2.75) is 32.4 Å². The maximum Gasteiger partial charge on any atom is 0.271 e. The summed E-state index contributed by atoms with van der Waals surface area (Å²) in [6, 6.07) is 12.8. The smallest absolute Gasteiger partial charge is 0.271 e. The number of quaternary nitrogens is 1. The van der Waals surface area contributed by atoms with E-state index in [2.05, 4.69) is 34.9 Å². The fraction of sp³-hybridized carbons (Fsp3) is 0.350. The number of piperidine rings is 1. The van der Waals surface area contributed by atoms with Gasteiger partial charge in [-0.15, -0.1) is 0 Å². The van der Waals surface area contributed by atoms with E-state index in [0.29, 0.717) is 22.4 Å². The van der Waals surface area contributed by atoms with Crippen LogP contribution in [0.1, 0.15) is 30.4 Å². The summed E-state index contributed by atoms with van der Waals surface area (Å²) in [5, 5.41) is 17.7. The van der Waals surface area contributed by atoms with Crippen LogP contribution in [0.15, 0.2) is 42.5 Å². The molecule has 0 aromatic heterocycles. The summed E-state index contributed by atoms with van der Waals surface area (Å²) in [5.41, 5.74) is 2.84. The normalized spacial score (nSPS) is 14.5. The number of non-ortho nitro benzene ring substituents is 1. The first-order valence-corrected chi connectivity index (χ1v) is 10.2. The summed E-state index contributed by atoms with van der Waals surface area (Å²) in [5.74, 6) is 0. The molecule has 3 rings (SSSR count). The van der Waals surface area contributed by atoms with Crippen LogP contribution in [0, 0.1) is 10.1 Å². The van der Waals surface area contributed by atoms with Gasteiger partial charge in [0.15, 0.2) is 5.11 Å². The van der Waals surface area contributed by atoms with E-state index in [9.17, 15) is 10.1 Å². The number of hydrogen-bond donors (Lipinski definition) is 3. The van der Waals surface area contributed by atoms with Crippen LogP contribution in [0.2, 0.25) is 5.02 Å². The van der Waals surface area contributed by atoms with Crippen molar-refractivity contribution in [3.8, 4) is 0 Å². The molecule has 2 aromatic carbocycles. The summed E-state index contributed by atoms with van der Waals surface area (Å²) in [6.07, 6.45) is 4.02. The molecule has 0 unspecified atom stereocenters. The Kier molecular flexibility index (Phi) is 7.19. The zero-order valence-electron chi connectivity index (χ0n) is 15.5. The Hall–Kier alpha value is -2.22. The van der Waals surface area contributed by atoms with Gasteiger partial charge >= 0.3 is 0 Å². The second-order valence-corrected chi connectivity index (χ2v) is 7.85. The summed E-state index contributed by atoms with van der Waals surface area (Å²) < 4.78 is 0. The molecule has 1 aliphatic heterocycles. The van der Waals surface area contributed by atoms with Crippen LogP contribution in [-0.4, -0.2) is 23.1 Å². The van der Waals surface area contributed by atoms with E-state index in [-0.39, 0.29) is 5.69 Å². The number of benzene rings is 2.